The molecule has 2 aliphatic rings. The average Bonchev–Trinajstić information content (AvgIpc) is 3.24. The molecule has 33 heavy (non-hydrogen) atoms. The van der Waals surface area contributed by atoms with E-state index in [2.05, 4.69) is 5.32 Å². The summed E-state index contributed by atoms with van der Waals surface area (Å²) in [6, 6.07) is 13.1. The van der Waals surface area contributed by atoms with Gasteiger partial charge in [0.05, 0.1) is 14.2 Å². The van der Waals surface area contributed by atoms with E-state index < -0.39 is 0 Å². The van der Waals surface area contributed by atoms with Gasteiger partial charge in [-0.05, 0) is 48.2 Å². The summed E-state index contributed by atoms with van der Waals surface area (Å²) in [5, 5.41) is 9.51. The van der Waals surface area contributed by atoms with Crippen LogP contribution in [-0.2, 0) is 10.5 Å². The number of anilines is 1. The molecule has 0 radical (unpaired) electrons. The Bertz CT molecular complexity index is 1240. The van der Waals surface area contributed by atoms with Crippen LogP contribution in [0.25, 0.3) is 0 Å². The zero-order chi connectivity index (χ0) is 22.9. The highest BCUT2D eigenvalue weighted by Gasteiger charge is 2.37. The first-order valence-corrected chi connectivity index (χ1v) is 12.0. The van der Waals surface area contributed by atoms with Crippen LogP contribution in [0.4, 0.5) is 5.95 Å². The number of ketones is 1. The number of ether oxygens (including phenoxy) is 2. The van der Waals surface area contributed by atoms with E-state index in [0.29, 0.717) is 39.8 Å². The fourth-order valence-electron chi connectivity index (χ4n) is 4.26. The van der Waals surface area contributed by atoms with Gasteiger partial charge in [-0.15, -0.1) is 5.10 Å². The molecule has 1 aliphatic carbocycles. The van der Waals surface area contributed by atoms with Gasteiger partial charge in [-0.1, -0.05) is 41.6 Å². The molecule has 1 atom stereocenters. The van der Waals surface area contributed by atoms with Gasteiger partial charge in [0.2, 0.25) is 11.1 Å². The van der Waals surface area contributed by atoms with Crippen molar-refractivity contribution in [1.82, 2.24) is 14.8 Å². The van der Waals surface area contributed by atoms with Crippen molar-refractivity contribution >= 4 is 35.1 Å². The zero-order valence-electron chi connectivity index (χ0n) is 18.3. The Morgan fingerprint density at radius 2 is 1.91 bits per heavy atom. The second-order valence-electron chi connectivity index (χ2n) is 7.89. The van der Waals surface area contributed by atoms with Crippen LogP contribution < -0.4 is 14.8 Å². The summed E-state index contributed by atoms with van der Waals surface area (Å²) >= 11 is 7.54. The van der Waals surface area contributed by atoms with Crippen LogP contribution in [0.15, 0.2) is 58.9 Å². The smallest absolute Gasteiger partial charge is 0.227 e. The number of allylic oxidation sites excluding steroid dienone is 2. The maximum atomic E-state index is 13.0. The molecule has 170 valence electrons. The van der Waals surface area contributed by atoms with E-state index in [-0.39, 0.29) is 11.8 Å². The fraction of sp³-hybridized carbons (Fsp3) is 0.292. The van der Waals surface area contributed by atoms with Gasteiger partial charge in [0.15, 0.2) is 17.3 Å². The monoisotopic (exact) mass is 482 g/mol. The molecule has 0 saturated heterocycles. The Morgan fingerprint density at radius 3 is 2.67 bits per heavy atom. The third-order valence-corrected chi connectivity index (χ3v) is 7.01. The molecule has 0 amide bonds. The highest BCUT2D eigenvalue weighted by molar-refractivity contribution is 7.98. The van der Waals surface area contributed by atoms with E-state index in [0.717, 1.165) is 35.2 Å². The molecule has 5 rings (SSSR count). The van der Waals surface area contributed by atoms with Gasteiger partial charge < -0.3 is 14.8 Å². The maximum Gasteiger partial charge on any atom is 0.227 e. The first kappa shape index (κ1) is 21.9. The Labute approximate surface area is 201 Å². The highest BCUT2D eigenvalue weighted by atomic mass is 35.5. The Balaban J connectivity index is 1.52. The van der Waals surface area contributed by atoms with Gasteiger partial charge in [0.1, 0.15) is 6.04 Å². The van der Waals surface area contributed by atoms with Crippen LogP contribution in [-0.4, -0.2) is 34.8 Å². The third kappa shape index (κ3) is 4.20. The van der Waals surface area contributed by atoms with Crippen LogP contribution in [0.5, 0.6) is 11.5 Å². The van der Waals surface area contributed by atoms with E-state index in [1.807, 2.05) is 47.1 Å². The number of Topliss-reactive ketones (excluding diaryl/α,β-unsaturated/α-hetero) is 1. The van der Waals surface area contributed by atoms with Gasteiger partial charge in [-0.3, -0.25) is 4.79 Å². The molecule has 1 aliphatic heterocycles. The summed E-state index contributed by atoms with van der Waals surface area (Å²) in [6.45, 7) is 0. The SMILES string of the molecule is COc1ccc([C@H]2C3=C(CCCC3=O)Nc3nc(SCc4ccc(Cl)cc4)nn32)cc1OC. The predicted octanol–water partition coefficient (Wildman–Crippen LogP) is 5.26. The number of rotatable bonds is 6. The number of carbonyl (C=O) groups excluding carboxylic acids is 1. The summed E-state index contributed by atoms with van der Waals surface area (Å²) < 4.78 is 12.7. The van der Waals surface area contributed by atoms with E-state index >= 15 is 0 Å². The van der Waals surface area contributed by atoms with Crippen LogP contribution in [0.3, 0.4) is 0 Å². The lowest BCUT2D eigenvalue weighted by molar-refractivity contribution is -0.116. The minimum Gasteiger partial charge on any atom is -0.493 e. The number of hydrogen-bond donors (Lipinski definition) is 1. The number of fused-ring (bicyclic) bond motifs is 1. The lowest BCUT2D eigenvalue weighted by atomic mass is 9.85. The van der Waals surface area contributed by atoms with Crippen LogP contribution in [0, 0.1) is 0 Å². The van der Waals surface area contributed by atoms with Crippen molar-refractivity contribution in [2.45, 2.75) is 36.2 Å². The van der Waals surface area contributed by atoms with Crippen molar-refractivity contribution in [3.05, 3.63) is 69.9 Å². The average molecular weight is 483 g/mol. The van der Waals surface area contributed by atoms with E-state index in [9.17, 15) is 4.79 Å². The van der Waals surface area contributed by atoms with Gasteiger partial charge in [-0.25, -0.2) is 4.68 Å². The van der Waals surface area contributed by atoms with Gasteiger partial charge in [-0.2, -0.15) is 4.98 Å². The summed E-state index contributed by atoms with van der Waals surface area (Å²) in [7, 11) is 3.21. The number of nitrogens with zero attached hydrogens (tertiary/aromatic N) is 3. The van der Waals surface area contributed by atoms with Crippen molar-refractivity contribution in [2.75, 3.05) is 19.5 Å². The molecule has 0 saturated carbocycles. The number of halogens is 1. The van der Waals surface area contributed by atoms with Crippen molar-refractivity contribution in [1.29, 1.82) is 0 Å². The summed E-state index contributed by atoms with van der Waals surface area (Å²) in [6.07, 6.45) is 2.17. The minimum atomic E-state index is -0.374. The first-order valence-electron chi connectivity index (χ1n) is 10.7. The van der Waals surface area contributed by atoms with Crippen LogP contribution in [0.2, 0.25) is 5.02 Å². The molecule has 1 N–H and O–H groups in total. The van der Waals surface area contributed by atoms with E-state index in [1.165, 1.54) is 0 Å². The molecular weight excluding hydrogens is 460 g/mol. The lowest BCUT2D eigenvalue weighted by Gasteiger charge is -2.32. The Hall–Kier alpha value is -2.97. The minimum absolute atomic E-state index is 0.139. The Kier molecular flexibility index (Phi) is 6.03. The molecule has 3 aromatic rings. The van der Waals surface area contributed by atoms with Crippen LogP contribution >= 0.6 is 23.4 Å². The number of hydrogen-bond acceptors (Lipinski definition) is 7. The summed E-state index contributed by atoms with van der Waals surface area (Å²) in [4.78, 5) is 17.7. The fourth-order valence-corrected chi connectivity index (χ4v) is 5.17. The number of nitrogens with one attached hydrogen (secondary N) is 1. The molecule has 2 heterocycles. The largest absolute Gasteiger partial charge is 0.493 e. The number of aromatic nitrogens is 3. The molecule has 0 spiro atoms. The van der Waals surface area contributed by atoms with Crippen molar-refractivity contribution in [3.63, 3.8) is 0 Å². The van der Waals surface area contributed by atoms with E-state index in [4.69, 9.17) is 31.2 Å². The molecule has 9 heteroatoms. The number of thioether (sulfide) groups is 1. The molecule has 1 aromatic heterocycles. The molecule has 0 bridgehead atoms. The molecular formula is C24H23ClN4O3S. The normalized spacial score (nSPS) is 17.3. The predicted molar refractivity (Wildman–Crippen MR) is 128 cm³/mol. The first-order chi connectivity index (χ1) is 16.1. The van der Waals surface area contributed by atoms with Gasteiger partial charge in [0.25, 0.3) is 0 Å². The Morgan fingerprint density at radius 1 is 1.12 bits per heavy atom. The highest BCUT2D eigenvalue weighted by Crippen LogP contribution is 2.42. The summed E-state index contributed by atoms with van der Waals surface area (Å²) in [5.74, 6) is 2.74. The van der Waals surface area contributed by atoms with E-state index in [1.54, 1.807) is 26.0 Å². The van der Waals surface area contributed by atoms with Gasteiger partial charge >= 0.3 is 0 Å². The molecule has 0 unspecified atom stereocenters. The topological polar surface area (TPSA) is 78.3 Å². The second-order valence-corrected chi connectivity index (χ2v) is 9.27. The number of benzene rings is 2. The summed E-state index contributed by atoms with van der Waals surface area (Å²) in [5.41, 5.74) is 3.71. The third-order valence-electron chi connectivity index (χ3n) is 5.85. The number of methoxy groups -OCH3 is 2. The quantitative estimate of drug-likeness (QED) is 0.480. The standard InChI is InChI=1S/C24H23ClN4O3S/c1-31-19-11-8-15(12-20(19)32-2)22-21-17(4-3-5-18(21)30)26-23-27-24(28-29(22)23)33-13-14-6-9-16(25)10-7-14/h6-12,22H,3-5,13H2,1-2H3,(H,26,27,28)/t22-/m0/s1. The maximum absolute atomic E-state index is 13.0. The van der Waals surface area contributed by atoms with Crippen LogP contribution in [0.1, 0.15) is 36.4 Å². The zero-order valence-corrected chi connectivity index (χ0v) is 19.9. The van der Waals surface area contributed by atoms with Crippen molar-refractivity contribution in [3.8, 4) is 11.5 Å². The second kappa shape index (κ2) is 9.11. The molecule has 0 fully saturated rings. The van der Waals surface area contributed by atoms with Crippen molar-refractivity contribution in [2.24, 2.45) is 0 Å². The lowest BCUT2D eigenvalue weighted by Crippen LogP contribution is -2.31. The molecule has 2 aromatic carbocycles. The molecule has 7 nitrogen and oxygen atoms in total. The van der Waals surface area contributed by atoms with Crippen molar-refractivity contribution < 1.29 is 14.3 Å². The van der Waals surface area contributed by atoms with Gasteiger partial charge in [0, 0.05) is 28.5 Å². The number of carbonyl (C=O) groups is 1.